The molecule has 242 valence electrons. The lowest BCUT2D eigenvalue weighted by atomic mass is 10.2. The van der Waals surface area contributed by atoms with Crippen LogP contribution in [0.25, 0.3) is 0 Å². The molecule has 0 spiro atoms. The number of aromatic nitrogens is 3. The highest BCUT2D eigenvalue weighted by Gasteiger charge is 2.19. The SMILES string of the molecule is Cn1cc(NC(=O)c2cc(NC(=O)c3cc(NC(=O)c4ccc(SCCCl)cc4)cn3C)cn2C)cc1C(=O)NCCC(N)=NO. The minimum atomic E-state index is -0.456. The molecule has 4 amide bonds. The van der Waals surface area contributed by atoms with Crippen molar-refractivity contribution >= 4 is 69.9 Å². The number of amides is 4. The van der Waals surface area contributed by atoms with Crippen LogP contribution in [0.1, 0.15) is 48.2 Å². The number of aryl methyl sites for hydroxylation is 3. The molecule has 7 N–H and O–H groups in total. The van der Waals surface area contributed by atoms with E-state index in [4.69, 9.17) is 22.5 Å². The van der Waals surface area contributed by atoms with Crippen molar-refractivity contribution < 1.29 is 24.4 Å². The summed E-state index contributed by atoms with van der Waals surface area (Å²) in [7, 11) is 5.01. The Balaban J connectivity index is 1.36. The average Bonchev–Trinajstić information content (AvgIpc) is 3.71. The number of oxime groups is 1. The first kappa shape index (κ1) is 33.7. The van der Waals surface area contributed by atoms with Crippen LogP contribution < -0.4 is 27.0 Å². The number of anilines is 3. The largest absolute Gasteiger partial charge is 0.409 e. The molecule has 0 fully saturated rings. The van der Waals surface area contributed by atoms with Gasteiger partial charge in [0, 0.05) is 74.8 Å². The maximum absolute atomic E-state index is 13.1. The molecule has 0 radical (unpaired) electrons. The van der Waals surface area contributed by atoms with Crippen LogP contribution in [-0.2, 0) is 21.1 Å². The second-order valence-corrected chi connectivity index (χ2v) is 11.7. The lowest BCUT2D eigenvalue weighted by molar-refractivity contribution is 0.0944. The Morgan fingerprint density at radius 3 is 1.70 bits per heavy atom. The number of nitrogens with zero attached hydrogens (tertiary/aromatic N) is 4. The van der Waals surface area contributed by atoms with E-state index in [1.165, 1.54) is 12.1 Å². The molecule has 0 aliphatic heterocycles. The summed E-state index contributed by atoms with van der Waals surface area (Å²) >= 11 is 7.34. The molecule has 0 atom stereocenters. The topological polar surface area (TPSA) is 190 Å². The van der Waals surface area contributed by atoms with Gasteiger partial charge in [-0.05, 0) is 42.5 Å². The third-order valence-electron chi connectivity index (χ3n) is 6.74. The van der Waals surface area contributed by atoms with Crippen molar-refractivity contribution in [3.8, 4) is 0 Å². The number of rotatable bonds is 13. The number of nitrogens with two attached hydrogens (primary N) is 1. The van der Waals surface area contributed by atoms with Gasteiger partial charge in [-0.2, -0.15) is 0 Å². The maximum atomic E-state index is 13.1. The van der Waals surface area contributed by atoms with Gasteiger partial charge in [-0.25, -0.2) is 0 Å². The Morgan fingerprint density at radius 2 is 1.24 bits per heavy atom. The number of hydrogen-bond acceptors (Lipinski definition) is 7. The Morgan fingerprint density at radius 1 is 0.783 bits per heavy atom. The van der Waals surface area contributed by atoms with Crippen LogP contribution in [0.15, 0.2) is 71.1 Å². The molecule has 3 aromatic heterocycles. The summed E-state index contributed by atoms with van der Waals surface area (Å²) in [5.74, 6) is -0.293. The zero-order valence-electron chi connectivity index (χ0n) is 25.3. The van der Waals surface area contributed by atoms with Gasteiger partial charge >= 0.3 is 0 Å². The number of halogens is 1. The molecule has 0 aliphatic carbocycles. The molecule has 1 aromatic carbocycles. The maximum Gasteiger partial charge on any atom is 0.272 e. The molecule has 0 saturated heterocycles. The summed E-state index contributed by atoms with van der Waals surface area (Å²) in [6, 6.07) is 11.8. The van der Waals surface area contributed by atoms with Crippen LogP contribution >= 0.6 is 23.4 Å². The minimum Gasteiger partial charge on any atom is -0.409 e. The van der Waals surface area contributed by atoms with E-state index in [1.807, 2.05) is 12.1 Å². The number of alkyl halides is 1. The first-order valence-electron chi connectivity index (χ1n) is 14.0. The van der Waals surface area contributed by atoms with E-state index < -0.39 is 17.7 Å². The van der Waals surface area contributed by atoms with E-state index in [2.05, 4.69) is 26.4 Å². The fourth-order valence-corrected chi connectivity index (χ4v) is 5.35. The van der Waals surface area contributed by atoms with Crippen molar-refractivity contribution in [2.75, 3.05) is 34.1 Å². The van der Waals surface area contributed by atoms with Gasteiger partial charge in [0.25, 0.3) is 23.6 Å². The Labute approximate surface area is 273 Å². The van der Waals surface area contributed by atoms with E-state index in [9.17, 15) is 19.2 Å². The first-order valence-corrected chi connectivity index (χ1v) is 15.5. The highest BCUT2D eigenvalue weighted by molar-refractivity contribution is 7.99. The fraction of sp³-hybridized carbons (Fsp3) is 0.233. The number of carbonyl (C=O) groups excluding carboxylic acids is 4. The molecule has 4 rings (SSSR count). The van der Waals surface area contributed by atoms with E-state index in [0.717, 1.165) is 10.6 Å². The highest BCUT2D eigenvalue weighted by atomic mass is 35.5. The molecular formula is C30H34ClN9O5S. The lowest BCUT2D eigenvalue weighted by Crippen LogP contribution is -2.29. The van der Waals surface area contributed by atoms with E-state index >= 15 is 0 Å². The molecular weight excluding hydrogens is 634 g/mol. The Bertz CT molecular complexity index is 1780. The Hall–Kier alpha value is -5.15. The summed E-state index contributed by atoms with van der Waals surface area (Å²) in [4.78, 5) is 52.4. The molecule has 0 saturated carbocycles. The predicted octanol–water partition coefficient (Wildman–Crippen LogP) is 3.66. The normalized spacial score (nSPS) is 11.3. The lowest BCUT2D eigenvalue weighted by Gasteiger charge is -2.04. The number of thioether (sulfide) groups is 1. The van der Waals surface area contributed by atoms with Gasteiger partial charge in [0.15, 0.2) is 0 Å². The van der Waals surface area contributed by atoms with Crippen molar-refractivity contribution in [1.82, 2.24) is 19.0 Å². The van der Waals surface area contributed by atoms with Crippen LogP contribution in [0.4, 0.5) is 17.1 Å². The van der Waals surface area contributed by atoms with Gasteiger partial charge in [0.2, 0.25) is 0 Å². The molecule has 14 nitrogen and oxygen atoms in total. The van der Waals surface area contributed by atoms with Gasteiger partial charge in [-0.15, -0.1) is 23.4 Å². The second-order valence-electron chi connectivity index (χ2n) is 10.2. The third kappa shape index (κ3) is 8.51. The summed E-state index contributed by atoms with van der Waals surface area (Å²) in [6.45, 7) is 0.169. The van der Waals surface area contributed by atoms with Crippen LogP contribution in [0, 0.1) is 0 Å². The monoisotopic (exact) mass is 667 g/mol. The number of benzene rings is 1. The zero-order valence-corrected chi connectivity index (χ0v) is 26.9. The highest BCUT2D eigenvalue weighted by Crippen LogP contribution is 2.22. The van der Waals surface area contributed by atoms with E-state index in [0.29, 0.717) is 39.9 Å². The quantitative estimate of drug-likeness (QED) is 0.0313. The number of nitrogens with one attached hydrogen (secondary N) is 4. The van der Waals surface area contributed by atoms with Crippen molar-refractivity contribution in [3.63, 3.8) is 0 Å². The summed E-state index contributed by atoms with van der Waals surface area (Å²) in [6.07, 6.45) is 4.99. The molecule has 0 bridgehead atoms. The number of hydrogen-bond donors (Lipinski definition) is 6. The average molecular weight is 668 g/mol. The molecule has 0 unspecified atom stereocenters. The van der Waals surface area contributed by atoms with Gasteiger partial charge in [0.05, 0.1) is 17.1 Å². The van der Waals surface area contributed by atoms with Crippen LogP contribution in [-0.4, -0.2) is 66.6 Å². The number of amidine groups is 1. The fourth-order valence-electron chi connectivity index (χ4n) is 4.47. The molecule has 16 heteroatoms. The summed E-state index contributed by atoms with van der Waals surface area (Å²) < 4.78 is 4.71. The standard InChI is InChI=1S/C30H34ClN9O5S/c1-38-16-20(12-23(38)28(42)33-10-8-26(32)37-45)35-30(44)25-14-21(17-40(25)3)36-29(43)24-13-19(15-39(24)2)34-27(41)18-4-6-22(7-5-18)46-11-9-31/h4-7,12-17,45H,8-11H2,1-3H3,(H2,32,37)(H,33,42)(H,34,41)(H,35,44)(H,36,43). The number of carbonyl (C=O) groups is 4. The van der Waals surface area contributed by atoms with Crippen molar-refractivity contribution in [3.05, 3.63) is 83.7 Å². The van der Waals surface area contributed by atoms with Crippen LogP contribution in [0.3, 0.4) is 0 Å². The van der Waals surface area contributed by atoms with E-state index in [-0.39, 0.29) is 30.4 Å². The summed E-state index contributed by atoms with van der Waals surface area (Å²) in [5.41, 5.74) is 7.97. The van der Waals surface area contributed by atoms with Gasteiger partial charge in [-0.3, -0.25) is 19.2 Å². The molecule has 4 aromatic rings. The second kappa shape index (κ2) is 15.2. The predicted molar refractivity (Wildman–Crippen MR) is 178 cm³/mol. The van der Waals surface area contributed by atoms with Crippen molar-refractivity contribution in [2.24, 2.45) is 32.0 Å². The van der Waals surface area contributed by atoms with Crippen molar-refractivity contribution in [2.45, 2.75) is 11.3 Å². The van der Waals surface area contributed by atoms with Crippen LogP contribution in [0.2, 0.25) is 0 Å². The smallest absolute Gasteiger partial charge is 0.272 e. The molecule has 0 aliphatic rings. The first-order chi connectivity index (χ1) is 22.0. The Kier molecular flexibility index (Phi) is 11.2. The van der Waals surface area contributed by atoms with Crippen LogP contribution in [0.5, 0.6) is 0 Å². The van der Waals surface area contributed by atoms with E-state index in [1.54, 1.807) is 83.4 Å². The molecule has 3 heterocycles. The minimum absolute atomic E-state index is 0.00789. The van der Waals surface area contributed by atoms with Gasteiger partial charge in [0.1, 0.15) is 22.9 Å². The summed E-state index contributed by atoms with van der Waals surface area (Å²) in [5, 5.41) is 22.5. The third-order valence-corrected chi connectivity index (χ3v) is 8.17. The molecule has 46 heavy (non-hydrogen) atoms. The van der Waals surface area contributed by atoms with Crippen molar-refractivity contribution in [1.29, 1.82) is 0 Å². The van der Waals surface area contributed by atoms with Gasteiger partial charge in [-0.1, -0.05) is 5.16 Å². The van der Waals surface area contributed by atoms with Gasteiger partial charge < -0.3 is 45.9 Å². The zero-order chi connectivity index (χ0) is 33.4.